The first-order valence-electron chi connectivity index (χ1n) is 8.08. The monoisotopic (exact) mass is 397 g/mol. The molecule has 0 spiro atoms. The molecule has 0 aliphatic rings. The number of pyridine rings is 1. The first kappa shape index (κ1) is 19.0. The summed E-state index contributed by atoms with van der Waals surface area (Å²) in [5, 5.41) is 14.2. The van der Waals surface area contributed by atoms with E-state index in [1.165, 1.54) is 11.8 Å². The molecule has 3 aromatic rings. The second kappa shape index (κ2) is 8.30. The maximum atomic E-state index is 12.3. The van der Waals surface area contributed by atoms with E-state index in [0.29, 0.717) is 32.6 Å². The minimum Gasteiger partial charge on any atom is -0.497 e. The summed E-state index contributed by atoms with van der Waals surface area (Å²) in [5.74, 6) is 0.620. The van der Waals surface area contributed by atoms with Crippen LogP contribution in [0.3, 0.4) is 0 Å². The number of benzene rings is 2. The van der Waals surface area contributed by atoms with E-state index in [1.807, 2.05) is 19.1 Å². The van der Waals surface area contributed by atoms with Crippen LogP contribution in [-0.2, 0) is 4.79 Å². The molecule has 27 heavy (non-hydrogen) atoms. The Kier molecular flexibility index (Phi) is 5.84. The number of aromatic nitrogens is 1. The molecular formula is C20H16ClN3O2S. The Morgan fingerprint density at radius 2 is 2.15 bits per heavy atom. The molecule has 5 nitrogen and oxygen atoms in total. The average molecular weight is 398 g/mol. The van der Waals surface area contributed by atoms with E-state index in [1.54, 1.807) is 37.4 Å². The van der Waals surface area contributed by atoms with Crippen molar-refractivity contribution >= 4 is 45.9 Å². The normalized spacial score (nSPS) is 10.4. The number of hydrogen-bond donors (Lipinski definition) is 1. The van der Waals surface area contributed by atoms with Crippen molar-refractivity contribution in [3.8, 4) is 11.8 Å². The first-order valence-corrected chi connectivity index (χ1v) is 9.45. The number of methoxy groups -OCH3 is 1. The Morgan fingerprint density at radius 3 is 2.89 bits per heavy atom. The number of rotatable bonds is 5. The highest BCUT2D eigenvalue weighted by atomic mass is 35.5. The van der Waals surface area contributed by atoms with E-state index in [9.17, 15) is 10.1 Å². The highest BCUT2D eigenvalue weighted by Gasteiger charge is 2.12. The number of carbonyl (C=O) groups is 1. The Hall–Kier alpha value is -2.75. The van der Waals surface area contributed by atoms with Crippen LogP contribution in [0.1, 0.15) is 11.1 Å². The van der Waals surface area contributed by atoms with Crippen LogP contribution in [0.4, 0.5) is 5.69 Å². The van der Waals surface area contributed by atoms with Gasteiger partial charge in [-0.2, -0.15) is 5.26 Å². The molecule has 1 amide bonds. The van der Waals surface area contributed by atoms with Gasteiger partial charge >= 0.3 is 0 Å². The number of hydrogen-bond acceptors (Lipinski definition) is 5. The van der Waals surface area contributed by atoms with Crippen LogP contribution in [0.25, 0.3) is 10.9 Å². The highest BCUT2D eigenvalue weighted by molar-refractivity contribution is 8.00. The fourth-order valence-corrected chi connectivity index (χ4v) is 3.45. The summed E-state index contributed by atoms with van der Waals surface area (Å²) in [6, 6.07) is 14.7. The van der Waals surface area contributed by atoms with Crippen molar-refractivity contribution in [3.63, 3.8) is 0 Å². The van der Waals surface area contributed by atoms with Crippen LogP contribution in [0.15, 0.2) is 47.5 Å². The van der Waals surface area contributed by atoms with Crippen molar-refractivity contribution in [3.05, 3.63) is 58.6 Å². The summed E-state index contributed by atoms with van der Waals surface area (Å²) < 4.78 is 5.22. The average Bonchev–Trinajstić information content (AvgIpc) is 2.68. The quantitative estimate of drug-likeness (QED) is 0.625. The largest absolute Gasteiger partial charge is 0.497 e. The van der Waals surface area contributed by atoms with Gasteiger partial charge in [-0.1, -0.05) is 29.4 Å². The zero-order valence-electron chi connectivity index (χ0n) is 14.7. The topological polar surface area (TPSA) is 75.0 Å². The Labute approximate surface area is 166 Å². The molecule has 0 atom stereocenters. The van der Waals surface area contributed by atoms with Gasteiger partial charge in [0, 0.05) is 22.2 Å². The molecule has 0 saturated heterocycles. The lowest BCUT2D eigenvalue weighted by Crippen LogP contribution is -2.15. The maximum Gasteiger partial charge on any atom is 0.234 e. The van der Waals surface area contributed by atoms with Gasteiger partial charge in [0.05, 0.1) is 23.9 Å². The van der Waals surface area contributed by atoms with E-state index < -0.39 is 0 Å². The lowest BCUT2D eigenvalue weighted by molar-refractivity contribution is -0.113. The number of nitriles is 1. The molecule has 0 aliphatic heterocycles. The summed E-state index contributed by atoms with van der Waals surface area (Å²) in [6.45, 7) is 1.84. The van der Waals surface area contributed by atoms with E-state index in [-0.39, 0.29) is 11.7 Å². The third-order valence-electron chi connectivity index (χ3n) is 3.99. The zero-order chi connectivity index (χ0) is 19.4. The van der Waals surface area contributed by atoms with Gasteiger partial charge in [-0.15, -0.1) is 0 Å². The van der Waals surface area contributed by atoms with Crippen LogP contribution >= 0.6 is 23.4 Å². The smallest absolute Gasteiger partial charge is 0.234 e. The van der Waals surface area contributed by atoms with Crippen LogP contribution in [-0.4, -0.2) is 23.8 Å². The van der Waals surface area contributed by atoms with Crippen LogP contribution in [0.5, 0.6) is 5.75 Å². The van der Waals surface area contributed by atoms with Gasteiger partial charge in [0.1, 0.15) is 16.8 Å². The molecule has 1 heterocycles. The number of carbonyl (C=O) groups excluding carboxylic acids is 1. The van der Waals surface area contributed by atoms with Gasteiger partial charge in [-0.25, -0.2) is 4.98 Å². The number of fused-ring (bicyclic) bond motifs is 1. The van der Waals surface area contributed by atoms with E-state index in [4.69, 9.17) is 16.3 Å². The number of nitrogens with zero attached hydrogens (tertiary/aromatic N) is 2. The van der Waals surface area contributed by atoms with Crippen molar-refractivity contribution < 1.29 is 9.53 Å². The molecule has 7 heteroatoms. The number of halogens is 1. The fraction of sp³-hybridized carbons (Fsp3) is 0.150. The molecule has 0 unspecified atom stereocenters. The number of amides is 1. The maximum absolute atomic E-state index is 12.3. The lowest BCUT2D eigenvalue weighted by atomic mass is 10.1. The molecule has 0 fully saturated rings. The van der Waals surface area contributed by atoms with Crippen molar-refractivity contribution in [2.45, 2.75) is 11.9 Å². The second-order valence-electron chi connectivity index (χ2n) is 5.76. The number of nitrogens with one attached hydrogen (secondary N) is 1. The molecule has 3 rings (SSSR count). The standard InChI is InChI=1S/C20H16ClN3O2S/c1-12-16(21)4-3-5-17(12)23-19(25)11-27-20-14(10-22)8-13-6-7-15(26-2)9-18(13)24-20/h3-9H,11H2,1-2H3,(H,23,25). The van der Waals surface area contributed by atoms with Crippen molar-refractivity contribution in [1.82, 2.24) is 4.98 Å². The fourth-order valence-electron chi connectivity index (χ4n) is 2.51. The molecule has 1 N–H and O–H groups in total. The van der Waals surface area contributed by atoms with Crippen molar-refractivity contribution in [1.29, 1.82) is 5.26 Å². The molecule has 0 radical (unpaired) electrons. The molecule has 136 valence electrons. The van der Waals surface area contributed by atoms with Crippen LogP contribution in [0, 0.1) is 18.3 Å². The highest BCUT2D eigenvalue weighted by Crippen LogP contribution is 2.28. The number of anilines is 1. The molecular weight excluding hydrogens is 382 g/mol. The van der Waals surface area contributed by atoms with Crippen LogP contribution < -0.4 is 10.1 Å². The van der Waals surface area contributed by atoms with Gasteiger partial charge in [0.2, 0.25) is 5.91 Å². The molecule has 0 aliphatic carbocycles. The molecule has 0 saturated carbocycles. The summed E-state index contributed by atoms with van der Waals surface area (Å²) in [7, 11) is 1.59. The predicted octanol–water partition coefficient (Wildman–Crippen LogP) is 4.81. The summed E-state index contributed by atoms with van der Waals surface area (Å²) in [6.07, 6.45) is 0. The van der Waals surface area contributed by atoms with E-state index in [2.05, 4.69) is 16.4 Å². The minimum atomic E-state index is -0.193. The number of ether oxygens (including phenoxy) is 1. The SMILES string of the molecule is COc1ccc2cc(C#N)c(SCC(=O)Nc3cccc(Cl)c3C)nc2c1. The Morgan fingerprint density at radius 1 is 1.33 bits per heavy atom. The third kappa shape index (κ3) is 4.33. The van der Waals surface area contributed by atoms with Gasteiger partial charge in [-0.05, 0) is 42.8 Å². The lowest BCUT2D eigenvalue weighted by Gasteiger charge is -2.10. The number of thioether (sulfide) groups is 1. The van der Waals surface area contributed by atoms with Gasteiger partial charge in [-0.3, -0.25) is 4.79 Å². The second-order valence-corrected chi connectivity index (χ2v) is 7.13. The minimum absolute atomic E-state index is 0.128. The van der Waals surface area contributed by atoms with Gasteiger partial charge < -0.3 is 10.1 Å². The summed E-state index contributed by atoms with van der Waals surface area (Å²) in [4.78, 5) is 16.8. The summed E-state index contributed by atoms with van der Waals surface area (Å²) >= 11 is 7.30. The first-order chi connectivity index (χ1) is 13.0. The zero-order valence-corrected chi connectivity index (χ0v) is 16.3. The van der Waals surface area contributed by atoms with E-state index in [0.717, 1.165) is 10.9 Å². The molecule has 1 aromatic heterocycles. The molecule has 2 aromatic carbocycles. The van der Waals surface area contributed by atoms with Crippen molar-refractivity contribution in [2.24, 2.45) is 0 Å². The third-order valence-corrected chi connectivity index (χ3v) is 5.39. The Bertz CT molecular complexity index is 1060. The van der Waals surface area contributed by atoms with Gasteiger partial charge in [0.25, 0.3) is 0 Å². The van der Waals surface area contributed by atoms with Crippen LogP contribution in [0.2, 0.25) is 5.02 Å². The Balaban J connectivity index is 1.78. The predicted molar refractivity (Wildman–Crippen MR) is 109 cm³/mol. The van der Waals surface area contributed by atoms with Crippen molar-refractivity contribution in [2.75, 3.05) is 18.2 Å². The summed E-state index contributed by atoms with van der Waals surface area (Å²) in [5.41, 5.74) is 2.63. The van der Waals surface area contributed by atoms with E-state index >= 15 is 0 Å². The molecule has 0 bridgehead atoms. The van der Waals surface area contributed by atoms with Gasteiger partial charge in [0.15, 0.2) is 0 Å².